The highest BCUT2D eigenvalue weighted by molar-refractivity contribution is 7.88. The first kappa shape index (κ1) is 38.5. The Labute approximate surface area is 348 Å². The van der Waals surface area contributed by atoms with Crippen molar-refractivity contribution in [2.24, 2.45) is 4.74 Å². The van der Waals surface area contributed by atoms with Crippen LogP contribution in [0.1, 0.15) is 33.4 Å². The molecule has 3 nitrogen and oxygen atoms in total. The van der Waals surface area contributed by atoms with Crippen LogP contribution in [0.3, 0.4) is 0 Å². The second-order valence-electron chi connectivity index (χ2n) is 15.8. The molecule has 59 heavy (non-hydrogen) atoms. The smallest absolute Gasteiger partial charge is 0.205 e. The van der Waals surface area contributed by atoms with Crippen molar-refractivity contribution in [2.75, 3.05) is 0 Å². The highest BCUT2D eigenvalue weighted by Crippen LogP contribution is 2.53. The van der Waals surface area contributed by atoms with E-state index in [4.69, 9.17) is 9.16 Å². The molecule has 0 unspecified atom stereocenters. The summed E-state index contributed by atoms with van der Waals surface area (Å²) in [6, 6.07) is 66.3. The molecular formula is C54H49N2OP2+. The summed E-state index contributed by atoms with van der Waals surface area (Å²) >= 11 is 0. The van der Waals surface area contributed by atoms with Crippen LogP contribution in [0.15, 0.2) is 191 Å². The van der Waals surface area contributed by atoms with E-state index < -0.39 is 14.1 Å². The number of furan rings is 1. The first-order chi connectivity index (χ1) is 28.7. The van der Waals surface area contributed by atoms with Gasteiger partial charge in [-0.3, -0.25) is 4.74 Å². The summed E-state index contributed by atoms with van der Waals surface area (Å²) in [5, 5.41) is 9.27. The van der Waals surface area contributed by atoms with E-state index in [1.54, 1.807) is 0 Å². The molecule has 290 valence electrons. The Morgan fingerprint density at radius 1 is 0.407 bits per heavy atom. The van der Waals surface area contributed by atoms with Crippen molar-refractivity contribution in [1.29, 1.82) is 0 Å². The number of nitrogens with zero attached hydrogens (tertiary/aromatic N) is 1. The van der Waals surface area contributed by atoms with Crippen LogP contribution < -0.4 is 36.6 Å². The SMILES string of the molecule is Cc1cc(C)c(N=P(c2ccccc2)(c2ccccc2)c2cccc3c2oc2c(P(=[NH+]c4c(C)cc(C)cc4C)(c4ccccc4)c4ccccc4)cccc23)c(C)c1. The van der Waals surface area contributed by atoms with E-state index in [-0.39, 0.29) is 0 Å². The van der Waals surface area contributed by atoms with Gasteiger partial charge in [-0.2, -0.15) is 0 Å². The van der Waals surface area contributed by atoms with Gasteiger partial charge in [0.1, 0.15) is 11.2 Å². The third-order valence-electron chi connectivity index (χ3n) is 11.6. The van der Waals surface area contributed by atoms with Crippen LogP contribution in [-0.2, 0) is 0 Å². The van der Waals surface area contributed by atoms with Crippen LogP contribution in [-0.4, -0.2) is 0 Å². The van der Waals surface area contributed by atoms with E-state index in [2.05, 4.69) is 228 Å². The normalized spacial score (nSPS) is 11.9. The number of hydrogen-bond donors (Lipinski definition) is 1. The van der Waals surface area contributed by atoms with Crippen LogP contribution in [0.2, 0.25) is 0 Å². The Balaban J connectivity index is 1.47. The number of para-hydroxylation sites is 2. The Bertz CT molecular complexity index is 2770. The molecule has 9 rings (SSSR count). The van der Waals surface area contributed by atoms with Gasteiger partial charge in [-0.25, -0.2) is 4.74 Å². The van der Waals surface area contributed by atoms with E-state index >= 15 is 0 Å². The molecule has 0 saturated carbocycles. The van der Waals surface area contributed by atoms with Crippen molar-refractivity contribution in [3.05, 3.63) is 215 Å². The van der Waals surface area contributed by atoms with Crippen LogP contribution in [0, 0.1) is 41.5 Å². The molecule has 8 aromatic carbocycles. The summed E-state index contributed by atoms with van der Waals surface area (Å²) in [5.41, 5.74) is 11.3. The summed E-state index contributed by atoms with van der Waals surface area (Å²) in [7, 11) is -5.41. The van der Waals surface area contributed by atoms with Crippen molar-refractivity contribution in [1.82, 2.24) is 0 Å². The largest absolute Gasteiger partial charge is 0.454 e. The second kappa shape index (κ2) is 15.6. The minimum Gasteiger partial charge on any atom is -0.454 e. The summed E-state index contributed by atoms with van der Waals surface area (Å²) < 4.78 is 18.0. The van der Waals surface area contributed by atoms with Crippen LogP contribution in [0.25, 0.3) is 21.9 Å². The Hall–Kier alpha value is -5.98. The molecule has 0 aliphatic heterocycles. The van der Waals surface area contributed by atoms with Gasteiger partial charge in [0.15, 0.2) is 7.05 Å². The molecule has 0 saturated heterocycles. The molecule has 0 atom stereocenters. The van der Waals surface area contributed by atoms with Gasteiger partial charge in [-0.05, 0) is 101 Å². The van der Waals surface area contributed by atoms with Crippen LogP contribution in [0.4, 0.5) is 11.4 Å². The fourth-order valence-corrected chi connectivity index (χ4v) is 16.8. The van der Waals surface area contributed by atoms with E-state index in [9.17, 15) is 0 Å². The maximum absolute atomic E-state index is 7.60. The Kier molecular flexibility index (Phi) is 10.2. The highest BCUT2D eigenvalue weighted by Gasteiger charge is 2.39. The lowest BCUT2D eigenvalue weighted by atomic mass is 10.1. The molecule has 0 aliphatic rings. The van der Waals surface area contributed by atoms with Crippen molar-refractivity contribution in [2.45, 2.75) is 41.5 Å². The second-order valence-corrected chi connectivity index (χ2v) is 21.9. The van der Waals surface area contributed by atoms with Gasteiger partial charge in [0, 0.05) is 48.4 Å². The fraction of sp³-hybridized carbons (Fsp3) is 0.111. The molecule has 5 heteroatoms. The third-order valence-corrected chi connectivity index (χ3v) is 19.0. The van der Waals surface area contributed by atoms with Crippen molar-refractivity contribution >= 4 is 79.2 Å². The molecule has 1 aromatic heterocycles. The zero-order valence-electron chi connectivity index (χ0n) is 34.6. The van der Waals surface area contributed by atoms with Crippen LogP contribution in [0.5, 0.6) is 0 Å². The minimum atomic E-state index is -2.76. The van der Waals surface area contributed by atoms with Gasteiger partial charge >= 0.3 is 0 Å². The molecule has 0 spiro atoms. The monoisotopic (exact) mass is 803 g/mol. The van der Waals surface area contributed by atoms with Crippen LogP contribution >= 0.6 is 14.1 Å². The van der Waals surface area contributed by atoms with E-state index in [0.29, 0.717) is 0 Å². The number of hydrogen-bond acceptors (Lipinski definition) is 2. The van der Waals surface area contributed by atoms with E-state index in [1.165, 1.54) is 54.6 Å². The first-order valence-corrected chi connectivity index (χ1v) is 23.9. The lowest BCUT2D eigenvalue weighted by Crippen LogP contribution is -2.66. The summed E-state index contributed by atoms with van der Waals surface area (Å²) in [6.45, 7) is 13.2. The molecule has 0 aliphatic carbocycles. The number of nitrogens with one attached hydrogen (secondary N) is 1. The predicted molar refractivity (Wildman–Crippen MR) is 255 cm³/mol. The quantitative estimate of drug-likeness (QED) is 0.153. The molecule has 0 fully saturated rings. The van der Waals surface area contributed by atoms with E-state index in [0.717, 1.165) is 43.9 Å². The van der Waals surface area contributed by atoms with Gasteiger partial charge in [0.25, 0.3) is 0 Å². The van der Waals surface area contributed by atoms with E-state index in [1.807, 2.05) is 0 Å². The standard InChI is InChI=1S/C54H48N2OP2/c1-37-33-39(3)51(40(4)34-37)55-58(43-21-11-7-12-22-43,44-23-13-8-14-24-44)49-31-19-29-47-48-30-20-32-50(54(48)57-53(47)49)59(45-25-15-9-16-26-45,46-27-17-10-18-28-46)56-52-41(5)35-38(2)36-42(52)6/h7-36H,1-6H3/p+1. The topological polar surface area (TPSA) is 39.5 Å². The summed E-state index contributed by atoms with van der Waals surface area (Å²) in [6.07, 6.45) is 0. The lowest BCUT2D eigenvalue weighted by molar-refractivity contribution is -0.327. The van der Waals surface area contributed by atoms with Gasteiger partial charge in [0.05, 0.1) is 18.0 Å². The minimum absolute atomic E-state index is 0.879. The molecule has 0 bridgehead atoms. The zero-order valence-corrected chi connectivity index (χ0v) is 36.4. The average Bonchev–Trinajstić information content (AvgIpc) is 3.64. The molecule has 0 radical (unpaired) electrons. The van der Waals surface area contributed by atoms with Gasteiger partial charge < -0.3 is 4.42 Å². The number of rotatable bonds is 8. The lowest BCUT2D eigenvalue weighted by Gasteiger charge is -2.28. The molecule has 1 heterocycles. The first-order valence-electron chi connectivity index (χ1n) is 20.3. The number of aryl methyl sites for hydroxylation is 6. The van der Waals surface area contributed by atoms with Crippen molar-refractivity contribution in [3.63, 3.8) is 0 Å². The average molecular weight is 804 g/mol. The molecule has 0 amide bonds. The molecule has 9 aromatic rings. The van der Waals surface area contributed by atoms with Crippen molar-refractivity contribution in [3.8, 4) is 0 Å². The number of fused-ring (bicyclic) bond motifs is 3. The molecular weight excluding hydrogens is 755 g/mol. The third kappa shape index (κ3) is 6.64. The Morgan fingerprint density at radius 3 is 1.25 bits per heavy atom. The summed E-state index contributed by atoms with van der Waals surface area (Å²) in [5.74, 6) is 0. The van der Waals surface area contributed by atoms with Gasteiger partial charge in [-0.1, -0.05) is 145 Å². The Morgan fingerprint density at radius 2 is 0.797 bits per heavy atom. The number of benzene rings is 8. The summed E-state index contributed by atoms with van der Waals surface area (Å²) in [4.78, 5) is 0. The van der Waals surface area contributed by atoms with Gasteiger partial charge in [-0.15, -0.1) is 0 Å². The maximum Gasteiger partial charge on any atom is 0.205 e. The van der Waals surface area contributed by atoms with Crippen molar-refractivity contribution < 1.29 is 9.16 Å². The maximum atomic E-state index is 7.60. The zero-order chi connectivity index (χ0) is 40.7. The van der Waals surface area contributed by atoms with Gasteiger partial charge in [0.2, 0.25) is 5.69 Å². The predicted octanol–water partition coefficient (Wildman–Crippen LogP) is 11.1. The highest BCUT2D eigenvalue weighted by atomic mass is 31.2. The molecule has 1 N–H and O–H groups in total. The fourth-order valence-electron chi connectivity index (χ4n) is 9.12.